The number of anilines is 1. The topological polar surface area (TPSA) is 67.7 Å². The van der Waals surface area contributed by atoms with Gasteiger partial charge in [-0.15, -0.1) is 0 Å². The molecule has 1 aromatic rings. The molecule has 6 nitrogen and oxygen atoms in total. The Morgan fingerprint density at radius 1 is 1.55 bits per heavy atom. The molecule has 2 rings (SSSR count). The molecular weight excluding hydrogens is 282 g/mol. The van der Waals surface area contributed by atoms with Gasteiger partial charge in [-0.3, -0.25) is 0 Å². The molecule has 1 N–H and O–H groups in total. The number of halogens is 1. The van der Waals surface area contributed by atoms with Crippen LogP contribution in [0.25, 0.3) is 0 Å². The van der Waals surface area contributed by atoms with Crippen molar-refractivity contribution in [1.29, 1.82) is 0 Å². The summed E-state index contributed by atoms with van der Waals surface area (Å²) in [6, 6.07) is 1.72. The average Bonchev–Trinajstić information content (AvgIpc) is 2.36. The number of ether oxygens (including phenoxy) is 2. The third kappa shape index (κ3) is 3.79. The number of aliphatic hydroxyl groups is 1. The molecule has 1 unspecified atom stereocenters. The first kappa shape index (κ1) is 15.4. The van der Waals surface area contributed by atoms with Gasteiger partial charge in [0.25, 0.3) is 0 Å². The number of aliphatic hydroxyl groups excluding tert-OH is 1. The van der Waals surface area contributed by atoms with Crippen LogP contribution < -0.4 is 4.90 Å². The Morgan fingerprint density at radius 2 is 2.30 bits per heavy atom. The predicted molar refractivity (Wildman–Crippen MR) is 76.0 cm³/mol. The number of nitrogens with zero attached hydrogens (tertiary/aromatic N) is 3. The molecule has 0 amide bonds. The van der Waals surface area contributed by atoms with Crippen molar-refractivity contribution in [2.24, 2.45) is 0 Å². The van der Waals surface area contributed by atoms with Gasteiger partial charge in [0.05, 0.1) is 18.3 Å². The van der Waals surface area contributed by atoms with Crippen molar-refractivity contribution in [3.63, 3.8) is 0 Å². The SMILES string of the molecule is COCc1nc(Cl)cc(N2CC(CO)OC(C)(C)C2)n1. The molecule has 20 heavy (non-hydrogen) atoms. The van der Waals surface area contributed by atoms with Crippen molar-refractivity contribution in [2.75, 3.05) is 31.7 Å². The number of methoxy groups -OCH3 is 1. The summed E-state index contributed by atoms with van der Waals surface area (Å²) < 4.78 is 10.8. The second kappa shape index (κ2) is 6.22. The van der Waals surface area contributed by atoms with E-state index in [1.807, 2.05) is 13.8 Å². The smallest absolute Gasteiger partial charge is 0.158 e. The first-order valence-corrected chi connectivity index (χ1v) is 6.87. The molecule has 2 heterocycles. The summed E-state index contributed by atoms with van der Waals surface area (Å²) in [7, 11) is 1.59. The summed E-state index contributed by atoms with van der Waals surface area (Å²) >= 11 is 6.03. The highest BCUT2D eigenvalue weighted by molar-refractivity contribution is 6.29. The van der Waals surface area contributed by atoms with Crippen LogP contribution in [0.15, 0.2) is 6.07 Å². The highest BCUT2D eigenvalue weighted by Gasteiger charge is 2.33. The molecule has 1 atom stereocenters. The minimum absolute atomic E-state index is 0.0241. The summed E-state index contributed by atoms with van der Waals surface area (Å²) in [5, 5.41) is 9.73. The van der Waals surface area contributed by atoms with E-state index in [2.05, 4.69) is 14.9 Å². The molecule has 1 aliphatic heterocycles. The van der Waals surface area contributed by atoms with Crippen molar-refractivity contribution >= 4 is 17.4 Å². The molecule has 0 saturated carbocycles. The van der Waals surface area contributed by atoms with Crippen molar-refractivity contribution < 1.29 is 14.6 Å². The Morgan fingerprint density at radius 3 is 2.95 bits per heavy atom. The maximum absolute atomic E-state index is 9.35. The molecule has 1 aliphatic rings. The van der Waals surface area contributed by atoms with E-state index in [1.165, 1.54) is 0 Å². The lowest BCUT2D eigenvalue weighted by molar-refractivity contribution is -0.101. The summed E-state index contributed by atoms with van der Waals surface area (Å²) in [4.78, 5) is 10.6. The molecule has 0 spiro atoms. The van der Waals surface area contributed by atoms with Crippen LogP contribution in [0.3, 0.4) is 0 Å². The molecule has 7 heteroatoms. The van der Waals surface area contributed by atoms with Crippen LogP contribution in [0, 0.1) is 0 Å². The number of hydrogen-bond acceptors (Lipinski definition) is 6. The fraction of sp³-hybridized carbons (Fsp3) is 0.692. The van der Waals surface area contributed by atoms with Gasteiger partial charge >= 0.3 is 0 Å². The summed E-state index contributed by atoms with van der Waals surface area (Å²) in [5.74, 6) is 1.27. The Kier molecular flexibility index (Phi) is 4.80. The molecule has 1 fully saturated rings. The standard InChI is InChI=1S/C13H20ClN3O3/c1-13(2)8-17(5-9(6-18)20-13)12-4-10(14)15-11(16-12)7-19-3/h4,9,18H,5-8H2,1-3H3. The van der Waals surface area contributed by atoms with Crippen LogP contribution in [-0.2, 0) is 16.1 Å². The fourth-order valence-corrected chi connectivity index (χ4v) is 2.57. The lowest BCUT2D eigenvalue weighted by Gasteiger charge is -2.42. The molecule has 0 bridgehead atoms. The fourth-order valence-electron chi connectivity index (χ4n) is 2.37. The molecule has 1 aromatic heterocycles. The van der Waals surface area contributed by atoms with Gasteiger partial charge in [0, 0.05) is 26.3 Å². The highest BCUT2D eigenvalue weighted by Crippen LogP contribution is 2.26. The largest absolute Gasteiger partial charge is 0.394 e. The van der Waals surface area contributed by atoms with E-state index in [0.29, 0.717) is 30.7 Å². The lowest BCUT2D eigenvalue weighted by atomic mass is 10.1. The van der Waals surface area contributed by atoms with Gasteiger partial charge < -0.3 is 19.5 Å². The Bertz CT molecular complexity index is 470. The minimum Gasteiger partial charge on any atom is -0.394 e. The maximum atomic E-state index is 9.35. The molecule has 112 valence electrons. The van der Waals surface area contributed by atoms with Gasteiger partial charge in [0.1, 0.15) is 17.6 Å². The third-order valence-electron chi connectivity index (χ3n) is 3.01. The van der Waals surface area contributed by atoms with Crippen LogP contribution in [-0.4, -0.2) is 53.6 Å². The van der Waals surface area contributed by atoms with Gasteiger partial charge in [-0.2, -0.15) is 0 Å². The lowest BCUT2D eigenvalue weighted by Crippen LogP contribution is -2.54. The van der Waals surface area contributed by atoms with E-state index >= 15 is 0 Å². The van der Waals surface area contributed by atoms with Gasteiger partial charge in [-0.25, -0.2) is 9.97 Å². The number of rotatable bonds is 4. The van der Waals surface area contributed by atoms with Crippen molar-refractivity contribution in [3.8, 4) is 0 Å². The monoisotopic (exact) mass is 301 g/mol. The second-order valence-electron chi connectivity index (χ2n) is 5.46. The Hall–Kier alpha value is -0.950. The Labute approximate surface area is 123 Å². The summed E-state index contributed by atoms with van der Waals surface area (Å²) in [5.41, 5.74) is -0.357. The van der Waals surface area contributed by atoms with Gasteiger partial charge in [-0.1, -0.05) is 11.6 Å². The van der Waals surface area contributed by atoms with E-state index in [4.69, 9.17) is 21.1 Å². The van der Waals surface area contributed by atoms with Crippen LogP contribution in [0.2, 0.25) is 5.15 Å². The predicted octanol–water partition coefficient (Wildman–Crippen LogP) is 1.25. The molecular formula is C13H20ClN3O3. The minimum atomic E-state index is -0.357. The van der Waals surface area contributed by atoms with Gasteiger partial charge in [0.2, 0.25) is 0 Å². The van der Waals surface area contributed by atoms with Crippen molar-refractivity contribution in [3.05, 3.63) is 17.0 Å². The number of aromatic nitrogens is 2. The van der Waals surface area contributed by atoms with E-state index in [9.17, 15) is 5.11 Å². The number of morpholine rings is 1. The van der Waals surface area contributed by atoms with E-state index < -0.39 is 0 Å². The average molecular weight is 302 g/mol. The molecule has 0 aromatic carbocycles. The van der Waals surface area contributed by atoms with Crippen LogP contribution in [0.4, 0.5) is 5.82 Å². The van der Waals surface area contributed by atoms with Crippen LogP contribution >= 0.6 is 11.6 Å². The Balaban J connectivity index is 2.25. The number of hydrogen-bond donors (Lipinski definition) is 1. The maximum Gasteiger partial charge on any atom is 0.158 e. The van der Waals surface area contributed by atoms with E-state index in [0.717, 1.165) is 5.82 Å². The van der Waals surface area contributed by atoms with E-state index in [1.54, 1.807) is 13.2 Å². The molecule has 0 radical (unpaired) electrons. The third-order valence-corrected chi connectivity index (χ3v) is 3.20. The van der Waals surface area contributed by atoms with Crippen LogP contribution in [0.5, 0.6) is 0 Å². The van der Waals surface area contributed by atoms with Crippen molar-refractivity contribution in [2.45, 2.75) is 32.2 Å². The highest BCUT2D eigenvalue weighted by atomic mass is 35.5. The summed E-state index contributed by atoms with van der Waals surface area (Å²) in [6.07, 6.45) is -0.238. The molecule has 1 saturated heterocycles. The van der Waals surface area contributed by atoms with Gasteiger partial charge in [-0.05, 0) is 13.8 Å². The van der Waals surface area contributed by atoms with Crippen molar-refractivity contribution in [1.82, 2.24) is 9.97 Å². The normalized spacial score (nSPS) is 22.1. The zero-order chi connectivity index (χ0) is 14.8. The quantitative estimate of drug-likeness (QED) is 0.844. The van der Waals surface area contributed by atoms with Crippen LogP contribution in [0.1, 0.15) is 19.7 Å². The summed E-state index contributed by atoms with van der Waals surface area (Å²) in [6.45, 7) is 5.50. The first-order chi connectivity index (χ1) is 9.43. The molecule has 0 aliphatic carbocycles. The van der Waals surface area contributed by atoms with E-state index in [-0.39, 0.29) is 18.3 Å². The van der Waals surface area contributed by atoms with Gasteiger partial charge in [0.15, 0.2) is 5.82 Å². The second-order valence-corrected chi connectivity index (χ2v) is 5.85. The zero-order valence-corrected chi connectivity index (χ0v) is 12.7. The zero-order valence-electron chi connectivity index (χ0n) is 12.0. The first-order valence-electron chi connectivity index (χ1n) is 6.49.